The molecule has 1 aromatic heterocycles. The largest absolute Gasteiger partial charge is 0.356 e. The molecular formula is C17H22N4. The molecule has 1 N–H and O–H groups in total. The normalized spacial score (nSPS) is 15.0. The molecule has 0 spiro atoms. The molecule has 2 aromatic rings. The van der Waals surface area contributed by atoms with E-state index in [0.717, 1.165) is 30.4 Å². The van der Waals surface area contributed by atoms with Gasteiger partial charge in [0.15, 0.2) is 0 Å². The molecule has 0 amide bonds. The Kier molecular flexibility index (Phi) is 4.04. The number of benzene rings is 1. The van der Waals surface area contributed by atoms with E-state index < -0.39 is 0 Å². The molecule has 1 saturated heterocycles. The number of hydrogen-bond acceptors (Lipinski definition) is 4. The first kappa shape index (κ1) is 13.9. The summed E-state index contributed by atoms with van der Waals surface area (Å²) in [5.74, 6) is 1.88. The smallest absolute Gasteiger partial charge is 0.135 e. The van der Waals surface area contributed by atoms with Crippen LogP contribution in [0.2, 0.25) is 0 Å². The van der Waals surface area contributed by atoms with Gasteiger partial charge >= 0.3 is 0 Å². The number of hydrogen-bond donors (Lipinski definition) is 1. The van der Waals surface area contributed by atoms with Crippen LogP contribution < -0.4 is 10.2 Å². The van der Waals surface area contributed by atoms with Crippen molar-refractivity contribution >= 4 is 17.3 Å². The zero-order chi connectivity index (χ0) is 14.7. The molecule has 3 rings (SSSR count). The molecule has 1 fully saturated rings. The lowest BCUT2D eigenvalue weighted by Gasteiger charge is -2.27. The van der Waals surface area contributed by atoms with Crippen LogP contribution in [0, 0.1) is 13.8 Å². The minimum atomic E-state index is 0.857. The Bertz CT molecular complexity index is 598. The predicted molar refractivity (Wildman–Crippen MR) is 87.3 cm³/mol. The second-order valence-electron chi connectivity index (χ2n) is 5.81. The van der Waals surface area contributed by atoms with Crippen LogP contribution in [0.4, 0.5) is 17.3 Å². The molecule has 0 unspecified atom stereocenters. The number of piperidine rings is 1. The Balaban J connectivity index is 1.79. The van der Waals surface area contributed by atoms with E-state index in [1.807, 2.05) is 6.07 Å². The van der Waals surface area contributed by atoms with Crippen LogP contribution in [-0.4, -0.2) is 23.1 Å². The fourth-order valence-electron chi connectivity index (χ4n) is 2.91. The second kappa shape index (κ2) is 6.12. The molecular weight excluding hydrogens is 260 g/mol. The van der Waals surface area contributed by atoms with Crippen LogP contribution in [0.5, 0.6) is 0 Å². The lowest BCUT2D eigenvalue weighted by atomic mass is 10.1. The Morgan fingerprint density at radius 2 is 1.62 bits per heavy atom. The van der Waals surface area contributed by atoms with Gasteiger partial charge in [0.1, 0.15) is 18.0 Å². The van der Waals surface area contributed by atoms with Gasteiger partial charge in [-0.1, -0.05) is 6.07 Å². The summed E-state index contributed by atoms with van der Waals surface area (Å²) in [6, 6.07) is 8.48. The average molecular weight is 282 g/mol. The second-order valence-corrected chi connectivity index (χ2v) is 5.81. The highest BCUT2D eigenvalue weighted by atomic mass is 15.2. The van der Waals surface area contributed by atoms with Gasteiger partial charge < -0.3 is 10.2 Å². The molecule has 2 heterocycles. The summed E-state index contributed by atoms with van der Waals surface area (Å²) in [4.78, 5) is 11.1. The zero-order valence-electron chi connectivity index (χ0n) is 12.8. The standard InChI is InChI=1S/C17H22N4/c1-13-8-14(2)10-15(9-13)20-16-11-17(19-12-18-16)21-6-4-3-5-7-21/h8-12H,3-7H2,1-2H3,(H,18,19,20). The number of aryl methyl sites for hydroxylation is 2. The average Bonchev–Trinajstić information content (AvgIpc) is 2.47. The number of aromatic nitrogens is 2. The molecule has 4 heteroatoms. The molecule has 1 aliphatic rings. The summed E-state index contributed by atoms with van der Waals surface area (Å²) in [6.07, 6.45) is 5.48. The van der Waals surface area contributed by atoms with Crippen molar-refractivity contribution in [1.82, 2.24) is 9.97 Å². The third-order valence-corrected chi connectivity index (χ3v) is 3.83. The van der Waals surface area contributed by atoms with Crippen molar-refractivity contribution in [2.24, 2.45) is 0 Å². The van der Waals surface area contributed by atoms with Crippen molar-refractivity contribution < 1.29 is 0 Å². The van der Waals surface area contributed by atoms with Gasteiger partial charge in [0.2, 0.25) is 0 Å². The maximum atomic E-state index is 4.41. The minimum absolute atomic E-state index is 0.857. The Hall–Kier alpha value is -2.10. The molecule has 0 radical (unpaired) electrons. The van der Waals surface area contributed by atoms with Crippen LogP contribution in [0.25, 0.3) is 0 Å². The first-order valence-electron chi connectivity index (χ1n) is 7.63. The third kappa shape index (κ3) is 3.51. The van der Waals surface area contributed by atoms with Gasteiger partial charge in [-0.05, 0) is 56.4 Å². The summed E-state index contributed by atoms with van der Waals surface area (Å²) in [7, 11) is 0. The van der Waals surface area contributed by atoms with E-state index in [1.165, 1.54) is 30.4 Å². The van der Waals surface area contributed by atoms with Gasteiger partial charge in [0.05, 0.1) is 0 Å². The maximum Gasteiger partial charge on any atom is 0.135 e. The zero-order valence-corrected chi connectivity index (χ0v) is 12.8. The first-order chi connectivity index (χ1) is 10.2. The van der Waals surface area contributed by atoms with Crippen molar-refractivity contribution in [3.63, 3.8) is 0 Å². The van der Waals surface area contributed by atoms with Crippen molar-refractivity contribution in [2.45, 2.75) is 33.1 Å². The van der Waals surface area contributed by atoms with Crippen molar-refractivity contribution in [2.75, 3.05) is 23.3 Å². The summed E-state index contributed by atoms with van der Waals surface area (Å²) in [6.45, 7) is 6.41. The van der Waals surface area contributed by atoms with Crippen LogP contribution in [-0.2, 0) is 0 Å². The Labute approximate surface area is 126 Å². The predicted octanol–water partition coefficient (Wildman–Crippen LogP) is 3.83. The SMILES string of the molecule is Cc1cc(C)cc(Nc2cc(N3CCCCC3)ncn2)c1. The molecule has 0 aliphatic carbocycles. The van der Waals surface area contributed by atoms with Gasteiger partial charge in [0.25, 0.3) is 0 Å². The van der Waals surface area contributed by atoms with Crippen molar-refractivity contribution in [3.8, 4) is 0 Å². The molecule has 1 aliphatic heterocycles. The fourth-order valence-corrected chi connectivity index (χ4v) is 2.91. The van der Waals surface area contributed by atoms with E-state index in [9.17, 15) is 0 Å². The highest BCUT2D eigenvalue weighted by molar-refractivity contribution is 5.60. The van der Waals surface area contributed by atoms with E-state index in [0.29, 0.717) is 0 Å². The fraction of sp³-hybridized carbons (Fsp3) is 0.412. The van der Waals surface area contributed by atoms with E-state index in [1.54, 1.807) is 6.33 Å². The van der Waals surface area contributed by atoms with E-state index >= 15 is 0 Å². The van der Waals surface area contributed by atoms with E-state index in [2.05, 4.69) is 52.2 Å². The highest BCUT2D eigenvalue weighted by Crippen LogP contribution is 2.22. The molecule has 0 saturated carbocycles. The van der Waals surface area contributed by atoms with Crippen molar-refractivity contribution in [1.29, 1.82) is 0 Å². The van der Waals surface area contributed by atoms with Crippen LogP contribution in [0.15, 0.2) is 30.6 Å². The molecule has 110 valence electrons. The van der Waals surface area contributed by atoms with Gasteiger partial charge in [0, 0.05) is 24.8 Å². The van der Waals surface area contributed by atoms with Gasteiger partial charge in [-0.15, -0.1) is 0 Å². The topological polar surface area (TPSA) is 41.0 Å². The Morgan fingerprint density at radius 1 is 0.905 bits per heavy atom. The monoisotopic (exact) mass is 282 g/mol. The number of nitrogens with one attached hydrogen (secondary N) is 1. The summed E-state index contributed by atoms with van der Waals surface area (Å²) < 4.78 is 0. The number of anilines is 3. The summed E-state index contributed by atoms with van der Waals surface area (Å²) in [5, 5.41) is 3.39. The molecule has 21 heavy (non-hydrogen) atoms. The van der Waals surface area contributed by atoms with E-state index in [4.69, 9.17) is 0 Å². The van der Waals surface area contributed by atoms with Crippen LogP contribution >= 0.6 is 0 Å². The minimum Gasteiger partial charge on any atom is -0.356 e. The maximum absolute atomic E-state index is 4.41. The quantitative estimate of drug-likeness (QED) is 0.929. The number of nitrogens with zero attached hydrogens (tertiary/aromatic N) is 3. The molecule has 0 bridgehead atoms. The van der Waals surface area contributed by atoms with Crippen molar-refractivity contribution in [3.05, 3.63) is 41.7 Å². The molecule has 4 nitrogen and oxygen atoms in total. The lowest BCUT2D eigenvalue weighted by Crippen LogP contribution is -2.30. The number of rotatable bonds is 3. The van der Waals surface area contributed by atoms with E-state index in [-0.39, 0.29) is 0 Å². The Morgan fingerprint density at radius 3 is 2.33 bits per heavy atom. The van der Waals surface area contributed by atoms with Crippen LogP contribution in [0.1, 0.15) is 30.4 Å². The van der Waals surface area contributed by atoms with Gasteiger partial charge in [-0.3, -0.25) is 0 Å². The highest BCUT2D eigenvalue weighted by Gasteiger charge is 2.12. The summed E-state index contributed by atoms with van der Waals surface area (Å²) in [5.41, 5.74) is 3.58. The summed E-state index contributed by atoms with van der Waals surface area (Å²) >= 11 is 0. The molecule has 0 atom stereocenters. The van der Waals surface area contributed by atoms with Gasteiger partial charge in [-0.25, -0.2) is 9.97 Å². The van der Waals surface area contributed by atoms with Crippen LogP contribution in [0.3, 0.4) is 0 Å². The van der Waals surface area contributed by atoms with Gasteiger partial charge in [-0.2, -0.15) is 0 Å². The third-order valence-electron chi connectivity index (χ3n) is 3.83. The molecule has 1 aromatic carbocycles. The lowest BCUT2D eigenvalue weighted by molar-refractivity contribution is 0.573. The first-order valence-corrected chi connectivity index (χ1v) is 7.63.